The number of carbonyl (C=O) groups excluding carboxylic acids is 1. The molecule has 0 spiro atoms. The molecule has 0 unspecified atom stereocenters. The fraction of sp³-hybridized carbons (Fsp3) is 0.0208. The Morgan fingerprint density at radius 1 is 0.627 bits per heavy atom. The van der Waals surface area contributed by atoms with E-state index >= 15 is 0 Å². The van der Waals surface area contributed by atoms with Crippen molar-refractivity contribution in [2.24, 2.45) is 0 Å². The lowest BCUT2D eigenvalue weighted by Crippen LogP contribution is -1.97. The van der Waals surface area contributed by atoms with Gasteiger partial charge in [0.15, 0.2) is 0 Å². The van der Waals surface area contributed by atoms with Crippen LogP contribution in [0.2, 0.25) is 0 Å². The van der Waals surface area contributed by atoms with Crippen LogP contribution < -0.4 is 9.47 Å². The zero-order valence-corrected chi connectivity index (χ0v) is 31.0. The number of furan rings is 2. The molecule has 0 bridgehead atoms. The molecule has 8 aromatic rings. The minimum absolute atomic E-state index is 0.329. The number of aldehydes is 1. The number of nitrogens with zero attached hydrogens (tertiary/aromatic N) is 2. The summed E-state index contributed by atoms with van der Waals surface area (Å²) in [5, 5.41) is 27.5. The number of fused-ring (bicyclic) bond motifs is 2. The van der Waals surface area contributed by atoms with Crippen LogP contribution in [0.1, 0.15) is 15.9 Å². The van der Waals surface area contributed by atoms with Gasteiger partial charge in [0, 0.05) is 27.5 Å². The molecule has 0 fully saturated rings. The van der Waals surface area contributed by atoms with Crippen molar-refractivity contribution in [3.05, 3.63) is 186 Å². The number of carboxylic acids is 2. The van der Waals surface area contributed by atoms with Gasteiger partial charge in [0.2, 0.25) is 0 Å². The van der Waals surface area contributed by atoms with Crippen molar-refractivity contribution < 1.29 is 42.9 Å². The molecule has 11 heteroatoms. The maximum absolute atomic E-state index is 11.0. The van der Waals surface area contributed by atoms with Gasteiger partial charge in [-0.1, -0.05) is 60.7 Å². The number of benzene rings is 6. The van der Waals surface area contributed by atoms with Gasteiger partial charge >= 0.3 is 18.5 Å². The molecule has 0 saturated carbocycles. The molecule has 11 nitrogen and oxygen atoms in total. The second kappa shape index (κ2) is 19.3. The number of aliphatic carboxylic acids is 2. The Balaban J connectivity index is 0.000000177. The lowest BCUT2D eigenvalue weighted by molar-refractivity contribution is -0.135. The van der Waals surface area contributed by atoms with Crippen LogP contribution in [0.5, 0.6) is 23.0 Å². The molecule has 2 aromatic heterocycles. The average molecular weight is 781 g/mol. The van der Waals surface area contributed by atoms with Crippen LogP contribution in [0.15, 0.2) is 172 Å². The third-order valence-corrected chi connectivity index (χ3v) is 8.34. The summed E-state index contributed by atoms with van der Waals surface area (Å²) in [6.07, 6.45) is 2.14. The number of hydrogen-bond acceptors (Lipinski definition) is 8. The van der Waals surface area contributed by atoms with Crippen molar-refractivity contribution in [1.29, 1.82) is 5.26 Å². The Bertz CT molecular complexity index is 2830. The minimum atomic E-state index is -1.26. The standard InChI is InChI=1S/C24H15NO4.C21H14O3.C3H3NO2/c25-15-19(24(26)27)12-16-6-7-18-14-23(29-22(18)13-16)17-8-10-21(11-9-17)28-20-4-2-1-3-5-20;22-14-15-6-7-17-13-21(24-20(17)12-15)16-8-10-19(11-9-16)23-18-4-2-1-3-5-18;1-4-2-3(5)6/h1-14H,(H,26,27);1-14H;2H2,(H,5,6). The SMILES string of the molecule is N#CC(=Cc1ccc2cc(-c3ccc(Oc4ccccc4)cc3)oc2c1)C(=O)O.O=Cc1ccc2cc(-c3ccc(Oc4ccccc4)cc3)oc2c1.[C-]#[N+]CC(=O)O. The van der Waals surface area contributed by atoms with Gasteiger partial charge in [-0.25, -0.2) is 16.2 Å². The second-order valence-electron chi connectivity index (χ2n) is 12.5. The van der Waals surface area contributed by atoms with Gasteiger partial charge in [0.25, 0.3) is 0 Å². The molecule has 0 aliphatic rings. The minimum Gasteiger partial charge on any atom is -0.477 e. The van der Waals surface area contributed by atoms with Gasteiger partial charge in [-0.15, -0.1) is 0 Å². The highest BCUT2D eigenvalue weighted by atomic mass is 16.5. The number of nitriles is 1. The number of hydrogen-bond donors (Lipinski definition) is 2. The quantitative estimate of drug-likeness (QED) is 0.0590. The number of rotatable bonds is 10. The number of ether oxygens (including phenoxy) is 2. The summed E-state index contributed by atoms with van der Waals surface area (Å²) in [5.41, 5.74) is 4.03. The molecule has 8 rings (SSSR count). The first kappa shape index (κ1) is 40.0. The first-order chi connectivity index (χ1) is 28.7. The van der Waals surface area contributed by atoms with E-state index in [1.54, 1.807) is 30.3 Å². The molecular weight excluding hydrogens is 749 g/mol. The van der Waals surface area contributed by atoms with Gasteiger partial charge in [-0.2, -0.15) is 5.26 Å². The first-order valence-corrected chi connectivity index (χ1v) is 17.8. The molecule has 59 heavy (non-hydrogen) atoms. The Morgan fingerprint density at radius 2 is 1.07 bits per heavy atom. The molecule has 0 radical (unpaired) electrons. The van der Waals surface area contributed by atoms with Crippen molar-refractivity contribution in [2.45, 2.75) is 0 Å². The Kier molecular flexibility index (Phi) is 13.1. The van der Waals surface area contributed by atoms with Gasteiger partial charge in [0.05, 0.1) is 0 Å². The van der Waals surface area contributed by atoms with E-state index in [1.807, 2.05) is 133 Å². The molecule has 288 valence electrons. The van der Waals surface area contributed by atoms with Crippen LogP contribution in [0, 0.1) is 17.9 Å². The number of para-hydroxylation sites is 2. The Hall–Kier alpha value is -8.67. The van der Waals surface area contributed by atoms with Crippen molar-refractivity contribution >= 4 is 46.2 Å². The molecular formula is C48H32N2O9. The molecule has 0 atom stereocenters. The summed E-state index contributed by atoms with van der Waals surface area (Å²) in [4.78, 5) is 33.8. The first-order valence-electron chi connectivity index (χ1n) is 17.8. The van der Waals surface area contributed by atoms with Gasteiger partial charge in [-0.3, -0.25) is 4.79 Å². The van der Waals surface area contributed by atoms with Gasteiger partial charge < -0.3 is 33.4 Å². The number of carbonyl (C=O) groups is 3. The second-order valence-corrected chi connectivity index (χ2v) is 12.5. The molecule has 6 aromatic carbocycles. The van der Waals surface area contributed by atoms with Crippen LogP contribution in [-0.2, 0) is 9.59 Å². The van der Waals surface area contributed by atoms with Crippen molar-refractivity contribution in [3.63, 3.8) is 0 Å². The van der Waals surface area contributed by atoms with Crippen molar-refractivity contribution in [1.82, 2.24) is 0 Å². The largest absolute Gasteiger partial charge is 0.477 e. The third kappa shape index (κ3) is 11.0. The Morgan fingerprint density at radius 3 is 1.46 bits per heavy atom. The summed E-state index contributed by atoms with van der Waals surface area (Å²) >= 11 is 0. The normalized spacial score (nSPS) is 10.5. The van der Waals surface area contributed by atoms with Crippen LogP contribution >= 0.6 is 0 Å². The molecule has 0 aliphatic heterocycles. The van der Waals surface area contributed by atoms with Crippen molar-refractivity contribution in [2.75, 3.05) is 6.54 Å². The van der Waals surface area contributed by atoms with Gasteiger partial charge in [-0.05, 0) is 109 Å². The monoisotopic (exact) mass is 780 g/mol. The highest BCUT2D eigenvalue weighted by Crippen LogP contribution is 2.32. The fourth-order valence-corrected chi connectivity index (χ4v) is 5.54. The number of carboxylic acid groups (broad SMARTS) is 2. The van der Waals surface area contributed by atoms with E-state index in [4.69, 9.17) is 40.4 Å². The van der Waals surface area contributed by atoms with Crippen LogP contribution in [0.4, 0.5) is 0 Å². The van der Waals surface area contributed by atoms with E-state index in [0.29, 0.717) is 28.1 Å². The zero-order chi connectivity index (χ0) is 41.6. The molecule has 0 aliphatic carbocycles. The molecule has 2 N–H and O–H groups in total. The zero-order valence-electron chi connectivity index (χ0n) is 31.0. The predicted octanol–water partition coefficient (Wildman–Crippen LogP) is 11.6. The topological polar surface area (TPSA) is 165 Å². The van der Waals surface area contributed by atoms with Crippen LogP contribution in [0.25, 0.3) is 55.5 Å². The van der Waals surface area contributed by atoms with E-state index < -0.39 is 18.5 Å². The summed E-state index contributed by atoms with van der Waals surface area (Å²) in [5.74, 6) is 2.18. The fourth-order valence-electron chi connectivity index (χ4n) is 5.54. The molecule has 2 heterocycles. The summed E-state index contributed by atoms with van der Waals surface area (Å²) in [6.45, 7) is 5.56. The van der Waals surface area contributed by atoms with E-state index in [1.165, 1.54) is 6.08 Å². The summed E-state index contributed by atoms with van der Waals surface area (Å²) in [6, 6.07) is 50.8. The highest BCUT2D eigenvalue weighted by molar-refractivity contribution is 5.97. The van der Waals surface area contributed by atoms with Crippen molar-refractivity contribution in [3.8, 4) is 51.7 Å². The smallest absolute Gasteiger partial charge is 0.384 e. The maximum atomic E-state index is 11.0. The average Bonchev–Trinajstić information content (AvgIpc) is 3.89. The summed E-state index contributed by atoms with van der Waals surface area (Å²) < 4.78 is 23.4. The van der Waals surface area contributed by atoms with E-state index in [0.717, 1.165) is 56.9 Å². The van der Waals surface area contributed by atoms with E-state index in [-0.39, 0.29) is 5.57 Å². The molecule has 0 saturated heterocycles. The van der Waals surface area contributed by atoms with E-state index in [2.05, 4.69) is 4.85 Å². The highest BCUT2D eigenvalue weighted by Gasteiger charge is 2.11. The maximum Gasteiger partial charge on any atom is 0.384 e. The Labute approximate surface area is 337 Å². The third-order valence-electron chi connectivity index (χ3n) is 8.34. The molecule has 0 amide bonds. The van der Waals surface area contributed by atoms with Gasteiger partial charge in [0.1, 0.15) is 63.6 Å². The van der Waals surface area contributed by atoms with Crippen LogP contribution in [-0.4, -0.2) is 35.0 Å². The summed E-state index contributed by atoms with van der Waals surface area (Å²) in [7, 11) is 0. The van der Waals surface area contributed by atoms with Crippen LogP contribution in [0.3, 0.4) is 0 Å². The lowest BCUT2D eigenvalue weighted by atomic mass is 10.1. The lowest BCUT2D eigenvalue weighted by Gasteiger charge is -2.05. The predicted molar refractivity (Wildman–Crippen MR) is 222 cm³/mol. The van der Waals surface area contributed by atoms with E-state index in [9.17, 15) is 14.4 Å².